The van der Waals surface area contributed by atoms with Crippen molar-refractivity contribution in [1.29, 1.82) is 0 Å². The number of hydrogen-bond donors (Lipinski definition) is 1. The van der Waals surface area contributed by atoms with Crippen LogP contribution in [-0.2, 0) is 0 Å². The summed E-state index contributed by atoms with van der Waals surface area (Å²) in [4.78, 5) is 0. The first kappa shape index (κ1) is 10.6. The molecule has 0 heterocycles. The molecule has 0 saturated heterocycles. The van der Waals surface area contributed by atoms with E-state index in [0.29, 0.717) is 5.76 Å². The first-order valence-electron chi connectivity index (χ1n) is 4.55. The highest BCUT2D eigenvalue weighted by atomic mass is 79.9. The van der Waals surface area contributed by atoms with Gasteiger partial charge in [0.25, 0.3) is 0 Å². The Morgan fingerprint density at radius 2 is 2.08 bits per heavy atom. The van der Waals surface area contributed by atoms with Crippen molar-refractivity contribution < 1.29 is 5.11 Å². The topological polar surface area (TPSA) is 20.2 Å². The van der Waals surface area contributed by atoms with Gasteiger partial charge in [-0.15, -0.1) is 0 Å². The molecule has 0 aromatic rings. The van der Waals surface area contributed by atoms with Gasteiger partial charge in [0.05, 0.1) is 4.48 Å². The molecule has 1 aliphatic carbocycles. The summed E-state index contributed by atoms with van der Waals surface area (Å²) in [7, 11) is 0. The normalized spacial score (nSPS) is 23.2. The van der Waals surface area contributed by atoms with Crippen LogP contribution in [0.5, 0.6) is 0 Å². The number of aliphatic hydroxyl groups is 1. The molecule has 1 nitrogen and oxygen atoms in total. The summed E-state index contributed by atoms with van der Waals surface area (Å²) in [6, 6.07) is 0. The van der Waals surface area contributed by atoms with Gasteiger partial charge in [0.2, 0.25) is 0 Å². The molecule has 72 valence electrons. The van der Waals surface area contributed by atoms with E-state index in [-0.39, 0.29) is 0 Å². The standard InChI is InChI=1S/C11H15BrO/c1-8-5-3-4-6-10(8)7-11(12)9(2)13/h7,13H,1,3-6H2,2H3/b10-7-,11-9-. The van der Waals surface area contributed by atoms with Gasteiger partial charge in [0.15, 0.2) is 0 Å². The molecule has 0 amide bonds. The van der Waals surface area contributed by atoms with Gasteiger partial charge in [-0.3, -0.25) is 0 Å². The summed E-state index contributed by atoms with van der Waals surface area (Å²) < 4.78 is 0.769. The van der Waals surface area contributed by atoms with E-state index in [1.807, 2.05) is 6.08 Å². The van der Waals surface area contributed by atoms with Crippen LogP contribution in [0.1, 0.15) is 32.6 Å². The largest absolute Gasteiger partial charge is 0.511 e. The Labute approximate surface area is 88.0 Å². The van der Waals surface area contributed by atoms with Crippen molar-refractivity contribution in [3.05, 3.63) is 34.0 Å². The van der Waals surface area contributed by atoms with Crippen LogP contribution >= 0.6 is 15.9 Å². The average molecular weight is 243 g/mol. The number of rotatable bonds is 1. The lowest BCUT2D eigenvalue weighted by molar-refractivity contribution is 0.413. The summed E-state index contributed by atoms with van der Waals surface area (Å²) >= 11 is 3.32. The molecule has 2 heteroatoms. The molecule has 0 unspecified atom stereocenters. The fourth-order valence-electron chi connectivity index (χ4n) is 1.42. The van der Waals surface area contributed by atoms with Gasteiger partial charge in [-0.2, -0.15) is 0 Å². The van der Waals surface area contributed by atoms with E-state index in [9.17, 15) is 5.11 Å². The highest BCUT2D eigenvalue weighted by Gasteiger charge is 2.09. The van der Waals surface area contributed by atoms with Crippen molar-refractivity contribution in [3.63, 3.8) is 0 Å². The molecule has 13 heavy (non-hydrogen) atoms. The van der Waals surface area contributed by atoms with Gasteiger partial charge < -0.3 is 5.11 Å². The van der Waals surface area contributed by atoms with Crippen LogP contribution in [0, 0.1) is 0 Å². The van der Waals surface area contributed by atoms with Crippen molar-refractivity contribution in [2.24, 2.45) is 0 Å². The van der Waals surface area contributed by atoms with Crippen molar-refractivity contribution in [3.8, 4) is 0 Å². The maximum Gasteiger partial charge on any atom is 0.103 e. The van der Waals surface area contributed by atoms with Crippen LogP contribution < -0.4 is 0 Å². The van der Waals surface area contributed by atoms with Crippen LogP contribution in [0.3, 0.4) is 0 Å². The number of halogens is 1. The van der Waals surface area contributed by atoms with E-state index >= 15 is 0 Å². The number of aliphatic hydroxyl groups excluding tert-OH is 1. The fraction of sp³-hybridized carbons (Fsp3) is 0.455. The van der Waals surface area contributed by atoms with E-state index in [1.165, 1.54) is 24.0 Å². The minimum atomic E-state index is 0.325. The van der Waals surface area contributed by atoms with Gasteiger partial charge in [-0.05, 0) is 60.2 Å². The predicted molar refractivity (Wildman–Crippen MR) is 59.9 cm³/mol. The van der Waals surface area contributed by atoms with Crippen molar-refractivity contribution in [2.75, 3.05) is 0 Å². The minimum absolute atomic E-state index is 0.325. The first-order chi connectivity index (χ1) is 6.11. The highest BCUT2D eigenvalue weighted by Crippen LogP contribution is 2.29. The third-order valence-electron chi connectivity index (χ3n) is 2.28. The van der Waals surface area contributed by atoms with E-state index < -0.39 is 0 Å². The molecule has 0 bridgehead atoms. The maximum absolute atomic E-state index is 9.20. The van der Waals surface area contributed by atoms with Gasteiger partial charge in [-0.25, -0.2) is 0 Å². The molecule has 1 aliphatic rings. The molecule has 1 N–H and O–H groups in total. The Morgan fingerprint density at radius 3 is 2.62 bits per heavy atom. The zero-order valence-corrected chi connectivity index (χ0v) is 9.52. The van der Waals surface area contributed by atoms with E-state index in [2.05, 4.69) is 22.5 Å². The average Bonchev–Trinajstić information content (AvgIpc) is 2.08. The second-order valence-electron chi connectivity index (χ2n) is 3.41. The van der Waals surface area contributed by atoms with Gasteiger partial charge in [0, 0.05) is 0 Å². The summed E-state index contributed by atoms with van der Waals surface area (Å²) in [5.74, 6) is 0.325. The van der Waals surface area contributed by atoms with Crippen molar-refractivity contribution in [2.45, 2.75) is 32.6 Å². The molecule has 1 saturated carbocycles. The van der Waals surface area contributed by atoms with Crippen molar-refractivity contribution >= 4 is 15.9 Å². The van der Waals surface area contributed by atoms with E-state index in [0.717, 1.165) is 17.3 Å². The molecule has 0 aromatic heterocycles. The van der Waals surface area contributed by atoms with Crippen LogP contribution in [0.4, 0.5) is 0 Å². The van der Waals surface area contributed by atoms with Crippen LogP contribution in [0.2, 0.25) is 0 Å². The molecule has 1 fully saturated rings. The van der Waals surface area contributed by atoms with E-state index in [1.54, 1.807) is 6.92 Å². The molecule has 0 aromatic carbocycles. The Morgan fingerprint density at radius 1 is 1.46 bits per heavy atom. The lowest BCUT2D eigenvalue weighted by Gasteiger charge is -2.16. The molecule has 0 atom stereocenters. The second-order valence-corrected chi connectivity index (χ2v) is 4.27. The monoisotopic (exact) mass is 242 g/mol. The first-order valence-corrected chi connectivity index (χ1v) is 5.34. The van der Waals surface area contributed by atoms with Gasteiger partial charge >= 0.3 is 0 Å². The Balaban J connectivity index is 2.80. The second kappa shape index (κ2) is 4.66. The molecular formula is C11H15BrO. The van der Waals surface area contributed by atoms with Gasteiger partial charge in [-0.1, -0.05) is 12.2 Å². The molecule has 0 spiro atoms. The lowest BCUT2D eigenvalue weighted by atomic mass is 9.90. The Bertz CT molecular complexity index is 270. The lowest BCUT2D eigenvalue weighted by Crippen LogP contribution is -1.97. The van der Waals surface area contributed by atoms with Crippen molar-refractivity contribution in [1.82, 2.24) is 0 Å². The van der Waals surface area contributed by atoms with Crippen LogP contribution in [-0.4, -0.2) is 5.11 Å². The quantitative estimate of drug-likeness (QED) is 0.683. The summed E-state index contributed by atoms with van der Waals surface area (Å²) in [5.41, 5.74) is 2.48. The summed E-state index contributed by atoms with van der Waals surface area (Å²) in [6.07, 6.45) is 6.64. The molecular weight excluding hydrogens is 228 g/mol. The third kappa shape index (κ3) is 3.03. The van der Waals surface area contributed by atoms with E-state index in [4.69, 9.17) is 0 Å². The maximum atomic E-state index is 9.20. The van der Waals surface area contributed by atoms with Gasteiger partial charge in [0.1, 0.15) is 5.76 Å². The molecule has 0 aliphatic heterocycles. The zero-order valence-electron chi connectivity index (χ0n) is 7.94. The zero-order chi connectivity index (χ0) is 9.84. The number of allylic oxidation sites excluding steroid dienone is 5. The van der Waals surface area contributed by atoms with Crippen LogP contribution in [0.15, 0.2) is 34.0 Å². The fourth-order valence-corrected chi connectivity index (χ4v) is 1.70. The molecule has 1 rings (SSSR count). The number of hydrogen-bond acceptors (Lipinski definition) is 1. The smallest absolute Gasteiger partial charge is 0.103 e. The Hall–Kier alpha value is -0.500. The highest BCUT2D eigenvalue weighted by molar-refractivity contribution is 9.11. The predicted octanol–water partition coefficient (Wildman–Crippen LogP) is 4.23. The minimum Gasteiger partial charge on any atom is -0.511 e. The summed E-state index contributed by atoms with van der Waals surface area (Å²) in [5, 5.41) is 9.20. The molecule has 0 radical (unpaired) electrons. The third-order valence-corrected chi connectivity index (χ3v) is 3.08. The Kier molecular flexibility index (Phi) is 3.79. The SMILES string of the molecule is C=C1CCCC/C1=C/C(Br)=C(\C)O. The van der Waals surface area contributed by atoms with Crippen LogP contribution in [0.25, 0.3) is 0 Å². The summed E-state index contributed by atoms with van der Waals surface area (Å²) in [6.45, 7) is 5.69.